The van der Waals surface area contributed by atoms with Crippen LogP contribution in [0.2, 0.25) is 0 Å². The fourth-order valence-electron chi connectivity index (χ4n) is 3.28. The average Bonchev–Trinajstić information content (AvgIpc) is 2.55. The minimum absolute atomic E-state index is 0.364. The molecule has 122 valence electrons. The molecule has 1 aromatic rings. The van der Waals surface area contributed by atoms with Crippen LogP contribution in [0.3, 0.4) is 0 Å². The topological polar surface area (TPSA) is 43.8 Å². The van der Waals surface area contributed by atoms with Gasteiger partial charge in [-0.05, 0) is 12.8 Å². The van der Waals surface area contributed by atoms with Crippen LogP contribution in [0.5, 0.6) is 11.5 Å². The molecule has 0 N–H and O–H groups in total. The summed E-state index contributed by atoms with van der Waals surface area (Å²) in [6.07, 6.45) is 4.09. The van der Waals surface area contributed by atoms with Crippen molar-refractivity contribution in [2.75, 3.05) is 46.3 Å². The maximum atomic E-state index is 5.54. The van der Waals surface area contributed by atoms with E-state index < -0.39 is 0 Å². The van der Waals surface area contributed by atoms with Gasteiger partial charge in [-0.3, -0.25) is 9.88 Å². The van der Waals surface area contributed by atoms with Crippen LogP contribution in [-0.2, 0) is 11.3 Å². The lowest BCUT2D eigenvalue weighted by atomic mass is 9.98. The predicted octanol–water partition coefficient (Wildman–Crippen LogP) is 2.20. The Kier molecular flexibility index (Phi) is 5.10. The van der Waals surface area contributed by atoms with E-state index in [2.05, 4.69) is 21.6 Å². The van der Waals surface area contributed by atoms with Gasteiger partial charge in [-0.1, -0.05) is 0 Å². The van der Waals surface area contributed by atoms with Gasteiger partial charge in [0.1, 0.15) is 5.69 Å². The maximum Gasteiger partial charge on any atom is 0.183 e. The molecule has 5 nitrogen and oxygen atoms in total. The number of rotatable bonds is 4. The van der Waals surface area contributed by atoms with Crippen molar-refractivity contribution in [3.8, 4) is 11.5 Å². The van der Waals surface area contributed by atoms with Crippen molar-refractivity contribution in [2.24, 2.45) is 0 Å². The number of thioether (sulfide) groups is 1. The summed E-state index contributed by atoms with van der Waals surface area (Å²) < 4.78 is 16.8. The molecule has 0 bridgehead atoms. The third kappa shape index (κ3) is 3.34. The number of hydrogen-bond donors (Lipinski definition) is 0. The standard InChI is InChI=1S/C16H24N2O3S/c1-19-14-3-6-17-13(15(14)20-2)11-18-7-10-22-16(12-18)4-8-21-9-5-16/h3,6H,4-5,7-12H2,1-2H3. The second-order valence-electron chi connectivity index (χ2n) is 5.85. The average molecular weight is 324 g/mol. The van der Waals surface area contributed by atoms with Crippen molar-refractivity contribution in [1.82, 2.24) is 9.88 Å². The van der Waals surface area contributed by atoms with E-state index in [1.807, 2.05) is 6.07 Å². The zero-order valence-electron chi connectivity index (χ0n) is 13.3. The summed E-state index contributed by atoms with van der Waals surface area (Å²) in [5.41, 5.74) is 0.955. The van der Waals surface area contributed by atoms with Gasteiger partial charge in [-0.15, -0.1) is 0 Å². The van der Waals surface area contributed by atoms with Crippen LogP contribution in [0.1, 0.15) is 18.5 Å². The van der Waals surface area contributed by atoms with Crippen LogP contribution in [0, 0.1) is 0 Å². The minimum Gasteiger partial charge on any atom is -0.493 e. The molecule has 0 amide bonds. The summed E-state index contributed by atoms with van der Waals surface area (Å²) in [6, 6.07) is 1.84. The number of hydrogen-bond acceptors (Lipinski definition) is 6. The molecule has 22 heavy (non-hydrogen) atoms. The van der Waals surface area contributed by atoms with Crippen molar-refractivity contribution in [3.05, 3.63) is 18.0 Å². The van der Waals surface area contributed by atoms with Crippen LogP contribution < -0.4 is 9.47 Å². The van der Waals surface area contributed by atoms with E-state index in [1.165, 1.54) is 5.75 Å². The second-order valence-corrected chi connectivity index (χ2v) is 7.41. The maximum absolute atomic E-state index is 5.54. The first kappa shape index (κ1) is 15.9. The van der Waals surface area contributed by atoms with Gasteiger partial charge < -0.3 is 14.2 Å². The molecule has 2 aliphatic heterocycles. The van der Waals surface area contributed by atoms with Gasteiger partial charge >= 0.3 is 0 Å². The SMILES string of the molecule is COc1ccnc(CN2CCSC3(CCOCC3)C2)c1OC. The molecule has 2 fully saturated rings. The Hall–Kier alpha value is -0.980. The molecule has 0 radical (unpaired) electrons. The van der Waals surface area contributed by atoms with Gasteiger partial charge in [-0.2, -0.15) is 11.8 Å². The molecule has 3 rings (SSSR count). The summed E-state index contributed by atoms with van der Waals surface area (Å²) >= 11 is 2.12. The lowest BCUT2D eigenvalue weighted by Crippen LogP contribution is -2.49. The van der Waals surface area contributed by atoms with Gasteiger partial charge in [0.05, 0.1) is 14.2 Å². The lowest BCUT2D eigenvalue weighted by Gasteiger charge is -2.44. The van der Waals surface area contributed by atoms with Crippen molar-refractivity contribution in [2.45, 2.75) is 24.1 Å². The van der Waals surface area contributed by atoms with Gasteiger partial charge in [0.25, 0.3) is 0 Å². The monoisotopic (exact) mass is 324 g/mol. The van der Waals surface area contributed by atoms with E-state index in [0.717, 1.165) is 62.9 Å². The highest BCUT2D eigenvalue weighted by Crippen LogP contribution is 2.40. The Morgan fingerprint density at radius 2 is 2.14 bits per heavy atom. The van der Waals surface area contributed by atoms with E-state index in [1.54, 1.807) is 20.4 Å². The quantitative estimate of drug-likeness (QED) is 0.846. The summed E-state index contributed by atoms with van der Waals surface area (Å²) in [5.74, 6) is 2.68. The fraction of sp³-hybridized carbons (Fsp3) is 0.688. The molecule has 0 saturated carbocycles. The van der Waals surface area contributed by atoms with Crippen molar-refractivity contribution in [1.29, 1.82) is 0 Å². The van der Waals surface area contributed by atoms with E-state index in [0.29, 0.717) is 4.75 Å². The molecule has 0 aliphatic carbocycles. The van der Waals surface area contributed by atoms with E-state index in [4.69, 9.17) is 14.2 Å². The molecule has 6 heteroatoms. The van der Waals surface area contributed by atoms with Crippen LogP contribution in [0.25, 0.3) is 0 Å². The Morgan fingerprint density at radius 1 is 1.32 bits per heavy atom. The second kappa shape index (κ2) is 7.06. The van der Waals surface area contributed by atoms with E-state index >= 15 is 0 Å². The smallest absolute Gasteiger partial charge is 0.183 e. The number of aromatic nitrogens is 1. The van der Waals surface area contributed by atoms with E-state index in [9.17, 15) is 0 Å². The van der Waals surface area contributed by atoms with E-state index in [-0.39, 0.29) is 0 Å². The molecule has 2 aliphatic rings. The highest BCUT2D eigenvalue weighted by molar-refractivity contribution is 8.00. The molecule has 3 heterocycles. The molecule has 1 aromatic heterocycles. The molecule has 0 unspecified atom stereocenters. The Labute approximate surface area is 136 Å². The molecule has 0 aromatic carbocycles. The first-order valence-corrected chi connectivity index (χ1v) is 8.75. The molecular formula is C16H24N2O3S. The Balaban J connectivity index is 1.73. The van der Waals surface area contributed by atoms with Gasteiger partial charge in [-0.25, -0.2) is 0 Å². The van der Waals surface area contributed by atoms with Crippen LogP contribution in [-0.4, -0.2) is 60.9 Å². The first-order valence-electron chi connectivity index (χ1n) is 7.76. The molecule has 0 atom stereocenters. The van der Waals surface area contributed by atoms with Gasteiger partial charge in [0, 0.05) is 55.6 Å². The normalized spacial score (nSPS) is 21.7. The van der Waals surface area contributed by atoms with Gasteiger partial charge in [0.2, 0.25) is 0 Å². The number of pyridine rings is 1. The van der Waals surface area contributed by atoms with Crippen molar-refractivity contribution >= 4 is 11.8 Å². The van der Waals surface area contributed by atoms with Crippen LogP contribution in [0.4, 0.5) is 0 Å². The zero-order chi connectivity index (χ0) is 15.4. The molecular weight excluding hydrogens is 300 g/mol. The number of methoxy groups -OCH3 is 2. The predicted molar refractivity (Wildman–Crippen MR) is 87.9 cm³/mol. The van der Waals surface area contributed by atoms with Crippen molar-refractivity contribution < 1.29 is 14.2 Å². The first-order chi connectivity index (χ1) is 10.8. The fourth-order valence-corrected chi connectivity index (χ4v) is 4.79. The Morgan fingerprint density at radius 3 is 2.86 bits per heavy atom. The highest BCUT2D eigenvalue weighted by atomic mass is 32.2. The van der Waals surface area contributed by atoms with Crippen molar-refractivity contribution in [3.63, 3.8) is 0 Å². The van der Waals surface area contributed by atoms with Crippen LogP contribution in [0.15, 0.2) is 12.3 Å². The number of ether oxygens (including phenoxy) is 3. The third-order valence-electron chi connectivity index (χ3n) is 4.47. The highest BCUT2D eigenvalue weighted by Gasteiger charge is 2.38. The lowest BCUT2D eigenvalue weighted by molar-refractivity contribution is 0.0622. The summed E-state index contributed by atoms with van der Waals surface area (Å²) in [6.45, 7) is 4.78. The minimum atomic E-state index is 0.364. The zero-order valence-corrected chi connectivity index (χ0v) is 14.2. The third-order valence-corrected chi connectivity index (χ3v) is 6.01. The summed E-state index contributed by atoms with van der Waals surface area (Å²) in [5, 5.41) is 0. The molecule has 2 saturated heterocycles. The number of nitrogens with zero attached hydrogens (tertiary/aromatic N) is 2. The summed E-state index contributed by atoms with van der Waals surface area (Å²) in [7, 11) is 3.34. The largest absolute Gasteiger partial charge is 0.493 e. The van der Waals surface area contributed by atoms with Crippen LogP contribution >= 0.6 is 11.8 Å². The molecule has 1 spiro atoms. The van der Waals surface area contributed by atoms with Gasteiger partial charge in [0.15, 0.2) is 11.5 Å². The Bertz CT molecular complexity index is 501. The summed E-state index contributed by atoms with van der Waals surface area (Å²) in [4.78, 5) is 7.00.